The number of hydrogen-bond donors (Lipinski definition) is 0. The van der Waals surface area contributed by atoms with Crippen LogP contribution in [0.2, 0.25) is 0 Å². The smallest absolute Gasteiger partial charge is 0.306 e. The SMILES string of the molecule is CC.COC(=O)C[C@@H]1COc2cc(O[C@@H]3CCc4c3ccc(C#N)c4-c3c(C)cc(OCc4ccccc4)cc3C)ccc21. The highest BCUT2D eigenvalue weighted by Crippen LogP contribution is 2.45. The minimum atomic E-state index is -0.244. The Kier molecular flexibility index (Phi) is 9.55. The summed E-state index contributed by atoms with van der Waals surface area (Å²) in [7, 11) is 1.40. The fourth-order valence-corrected chi connectivity index (χ4v) is 6.26. The standard InChI is InChI=1S/C36H33NO5.C2H6/c1-22-15-28(40-20-24-7-5-4-6-8-24)16-23(2)35(22)36-25(19-37)9-11-30-31(36)13-14-32(30)42-27-10-12-29-26(17-34(38)39-3)21-41-33(29)18-27;1-2/h4-12,15-16,18,26,32H,13-14,17,20-21H2,1-3H3;1-2H3/t26-,32-;/m1./s1. The molecule has 2 aliphatic rings. The largest absolute Gasteiger partial charge is 0.492 e. The Labute approximate surface area is 260 Å². The average molecular weight is 590 g/mol. The molecule has 1 heterocycles. The number of methoxy groups -OCH3 is 1. The molecule has 0 radical (unpaired) electrons. The Morgan fingerprint density at radius 2 is 1.66 bits per heavy atom. The Balaban J connectivity index is 0.00000188. The van der Waals surface area contributed by atoms with Crippen LogP contribution in [0.15, 0.2) is 72.8 Å². The molecule has 1 aliphatic carbocycles. The second-order valence-electron chi connectivity index (χ2n) is 11.0. The number of fused-ring (bicyclic) bond motifs is 2. The zero-order valence-electron chi connectivity index (χ0n) is 26.1. The number of ether oxygens (including phenoxy) is 4. The van der Waals surface area contributed by atoms with Crippen molar-refractivity contribution in [1.29, 1.82) is 5.26 Å². The maximum Gasteiger partial charge on any atom is 0.306 e. The quantitative estimate of drug-likeness (QED) is 0.192. The first-order valence-electron chi connectivity index (χ1n) is 15.3. The van der Waals surface area contributed by atoms with E-state index in [0.29, 0.717) is 25.2 Å². The summed E-state index contributed by atoms with van der Waals surface area (Å²) in [6, 6.07) is 26.5. The van der Waals surface area contributed by atoms with Crippen LogP contribution in [0.25, 0.3) is 11.1 Å². The Hall–Kier alpha value is -4.76. The summed E-state index contributed by atoms with van der Waals surface area (Å²) in [5.74, 6) is 2.04. The number of nitrogens with zero attached hydrogens (tertiary/aromatic N) is 1. The van der Waals surface area contributed by atoms with Crippen molar-refractivity contribution in [3.05, 3.63) is 112 Å². The minimum absolute atomic E-state index is 0.0118. The Bertz CT molecular complexity index is 1660. The van der Waals surface area contributed by atoms with Crippen molar-refractivity contribution < 1.29 is 23.7 Å². The molecule has 0 saturated carbocycles. The molecule has 4 aromatic carbocycles. The van der Waals surface area contributed by atoms with Crippen molar-refractivity contribution in [3.8, 4) is 34.4 Å². The second-order valence-corrected chi connectivity index (χ2v) is 11.0. The lowest BCUT2D eigenvalue weighted by Crippen LogP contribution is -2.09. The van der Waals surface area contributed by atoms with E-state index >= 15 is 0 Å². The Morgan fingerprint density at radius 3 is 2.36 bits per heavy atom. The number of hydrogen-bond acceptors (Lipinski definition) is 6. The molecular weight excluding hydrogens is 550 g/mol. The van der Waals surface area contributed by atoms with Gasteiger partial charge in [-0.1, -0.05) is 56.3 Å². The van der Waals surface area contributed by atoms with Crippen molar-refractivity contribution in [2.24, 2.45) is 0 Å². The molecule has 4 aromatic rings. The van der Waals surface area contributed by atoms with Gasteiger partial charge in [-0.05, 0) is 84.3 Å². The number of carbonyl (C=O) groups is 1. The van der Waals surface area contributed by atoms with Crippen molar-refractivity contribution >= 4 is 5.97 Å². The van der Waals surface area contributed by atoms with E-state index < -0.39 is 0 Å². The van der Waals surface area contributed by atoms with Gasteiger partial charge in [0, 0.05) is 23.1 Å². The molecule has 0 bridgehead atoms. The Morgan fingerprint density at radius 1 is 0.932 bits per heavy atom. The topological polar surface area (TPSA) is 77.8 Å². The van der Waals surface area contributed by atoms with Gasteiger partial charge < -0.3 is 18.9 Å². The van der Waals surface area contributed by atoms with Gasteiger partial charge in [0.15, 0.2) is 0 Å². The molecule has 0 fully saturated rings. The average Bonchev–Trinajstić information content (AvgIpc) is 3.64. The van der Waals surface area contributed by atoms with Gasteiger partial charge in [-0.3, -0.25) is 4.79 Å². The van der Waals surface area contributed by atoms with Gasteiger partial charge in [-0.25, -0.2) is 0 Å². The van der Waals surface area contributed by atoms with Gasteiger partial charge >= 0.3 is 5.97 Å². The third-order valence-corrected chi connectivity index (χ3v) is 8.26. The molecule has 6 heteroatoms. The van der Waals surface area contributed by atoms with Crippen LogP contribution in [0, 0.1) is 25.2 Å². The van der Waals surface area contributed by atoms with E-state index in [0.717, 1.165) is 69.0 Å². The van der Waals surface area contributed by atoms with Gasteiger partial charge in [-0.15, -0.1) is 0 Å². The third-order valence-electron chi connectivity index (χ3n) is 8.26. The summed E-state index contributed by atoms with van der Waals surface area (Å²) in [5.41, 5.74) is 9.29. The molecule has 6 nitrogen and oxygen atoms in total. The predicted molar refractivity (Wildman–Crippen MR) is 171 cm³/mol. The van der Waals surface area contributed by atoms with Gasteiger partial charge in [0.1, 0.15) is 30.0 Å². The van der Waals surface area contributed by atoms with E-state index in [1.54, 1.807) is 0 Å². The molecule has 226 valence electrons. The molecule has 0 aromatic heterocycles. The van der Waals surface area contributed by atoms with Gasteiger partial charge in [0.25, 0.3) is 0 Å². The monoisotopic (exact) mass is 589 g/mol. The molecule has 0 spiro atoms. The summed E-state index contributed by atoms with van der Waals surface area (Å²) in [6.07, 6.45) is 1.79. The van der Waals surface area contributed by atoms with Crippen LogP contribution in [-0.2, 0) is 22.6 Å². The lowest BCUT2D eigenvalue weighted by Gasteiger charge is -2.19. The third kappa shape index (κ3) is 6.28. The molecule has 0 saturated heterocycles. The maximum atomic E-state index is 11.8. The first-order chi connectivity index (χ1) is 21.4. The first kappa shape index (κ1) is 30.7. The number of carbonyl (C=O) groups excluding carboxylic acids is 1. The van der Waals surface area contributed by atoms with Crippen LogP contribution < -0.4 is 14.2 Å². The molecule has 2 atom stereocenters. The summed E-state index contributed by atoms with van der Waals surface area (Å²) >= 11 is 0. The fourth-order valence-electron chi connectivity index (χ4n) is 6.26. The van der Waals surface area contributed by atoms with Gasteiger partial charge in [-0.2, -0.15) is 5.26 Å². The normalized spacial score (nSPS) is 16.0. The summed E-state index contributed by atoms with van der Waals surface area (Å²) < 4.78 is 23.3. The van der Waals surface area contributed by atoms with E-state index in [4.69, 9.17) is 18.9 Å². The zero-order valence-corrected chi connectivity index (χ0v) is 26.1. The lowest BCUT2D eigenvalue weighted by molar-refractivity contribution is -0.141. The van der Waals surface area contributed by atoms with Crippen LogP contribution in [0.1, 0.15) is 77.7 Å². The van der Waals surface area contributed by atoms with Crippen LogP contribution in [-0.4, -0.2) is 19.7 Å². The molecule has 0 N–H and O–H groups in total. The fraction of sp³-hybridized carbons (Fsp3) is 0.316. The van der Waals surface area contributed by atoms with Crippen LogP contribution in [0.4, 0.5) is 0 Å². The second kappa shape index (κ2) is 13.7. The van der Waals surface area contributed by atoms with E-state index in [2.05, 4.69) is 44.2 Å². The first-order valence-corrected chi connectivity index (χ1v) is 15.3. The van der Waals surface area contributed by atoms with Crippen molar-refractivity contribution in [3.63, 3.8) is 0 Å². The van der Waals surface area contributed by atoms with Crippen LogP contribution in [0.3, 0.4) is 0 Å². The summed E-state index contributed by atoms with van der Waals surface area (Å²) in [4.78, 5) is 11.8. The molecule has 0 amide bonds. The van der Waals surface area contributed by atoms with Crippen LogP contribution in [0.5, 0.6) is 17.2 Å². The zero-order chi connectivity index (χ0) is 31.2. The highest BCUT2D eigenvalue weighted by Gasteiger charge is 2.31. The number of nitriles is 1. The summed E-state index contributed by atoms with van der Waals surface area (Å²) in [6.45, 7) is 9.12. The van der Waals surface area contributed by atoms with E-state index in [-0.39, 0.29) is 18.0 Å². The van der Waals surface area contributed by atoms with Gasteiger partial charge in [0.2, 0.25) is 0 Å². The lowest BCUT2D eigenvalue weighted by atomic mass is 9.87. The molecule has 44 heavy (non-hydrogen) atoms. The van der Waals surface area contributed by atoms with E-state index in [1.165, 1.54) is 12.7 Å². The van der Waals surface area contributed by atoms with E-state index in [1.807, 2.05) is 62.4 Å². The molecule has 0 unspecified atom stereocenters. The number of benzene rings is 4. The van der Waals surface area contributed by atoms with Crippen molar-refractivity contribution in [2.45, 2.75) is 65.6 Å². The van der Waals surface area contributed by atoms with Crippen molar-refractivity contribution in [2.75, 3.05) is 13.7 Å². The molecule has 6 rings (SSSR count). The van der Waals surface area contributed by atoms with E-state index in [9.17, 15) is 10.1 Å². The summed E-state index contributed by atoms with van der Waals surface area (Å²) in [5, 5.41) is 10.1. The van der Waals surface area contributed by atoms with Crippen molar-refractivity contribution in [1.82, 2.24) is 0 Å². The highest BCUT2D eigenvalue weighted by atomic mass is 16.5. The van der Waals surface area contributed by atoms with Gasteiger partial charge in [0.05, 0.1) is 31.8 Å². The molecular formula is C38H39NO5. The highest BCUT2D eigenvalue weighted by molar-refractivity contribution is 5.81. The minimum Gasteiger partial charge on any atom is -0.492 e. The number of esters is 1. The molecule has 1 aliphatic heterocycles. The number of rotatable bonds is 8. The number of aryl methyl sites for hydroxylation is 2. The van der Waals surface area contributed by atoms with Crippen LogP contribution >= 0.6 is 0 Å². The predicted octanol–water partition coefficient (Wildman–Crippen LogP) is 8.55. The maximum absolute atomic E-state index is 11.8.